The number of carbonyl (C=O) groups excluding carboxylic acids is 2. The minimum atomic E-state index is -1.08. The Bertz CT molecular complexity index is 1620. The minimum Gasteiger partial charge on any atom is -0.457 e. The maximum Gasteiger partial charge on any atom is 0.317 e. The SMILES string of the molecule is Cc1cc(C(=O)COC(=O)C2(c3ccccc3F)CCCC2)c(C)n1-c1c(C)n(C)n(-c2ccccc2)c1=O. The molecule has 8 heteroatoms. The molecule has 39 heavy (non-hydrogen) atoms. The molecule has 202 valence electrons. The van der Waals surface area contributed by atoms with Crippen LogP contribution in [-0.2, 0) is 22.0 Å². The summed E-state index contributed by atoms with van der Waals surface area (Å²) in [7, 11) is 1.82. The summed E-state index contributed by atoms with van der Waals surface area (Å²) in [6.45, 7) is 5.02. The third-order valence-electron chi connectivity index (χ3n) is 8.05. The van der Waals surface area contributed by atoms with Crippen molar-refractivity contribution in [3.05, 3.63) is 105 Å². The van der Waals surface area contributed by atoms with Crippen LogP contribution in [0.4, 0.5) is 4.39 Å². The topological polar surface area (TPSA) is 75.2 Å². The number of Topliss-reactive ketones (excluding diaryl/α,β-unsaturated/α-hetero) is 1. The molecule has 0 saturated heterocycles. The molecule has 1 saturated carbocycles. The summed E-state index contributed by atoms with van der Waals surface area (Å²) in [6, 6.07) is 17.4. The molecule has 0 radical (unpaired) electrons. The highest BCUT2D eigenvalue weighted by molar-refractivity contribution is 6.00. The molecule has 2 heterocycles. The second-order valence-electron chi connectivity index (χ2n) is 10.3. The first-order valence-corrected chi connectivity index (χ1v) is 13.2. The van der Waals surface area contributed by atoms with Gasteiger partial charge in [0, 0.05) is 29.6 Å². The van der Waals surface area contributed by atoms with Gasteiger partial charge in [0.15, 0.2) is 6.61 Å². The summed E-state index contributed by atoms with van der Waals surface area (Å²) in [4.78, 5) is 40.2. The Morgan fingerprint density at radius 1 is 0.949 bits per heavy atom. The van der Waals surface area contributed by atoms with Gasteiger partial charge in [-0.1, -0.05) is 49.2 Å². The van der Waals surface area contributed by atoms with Crippen LogP contribution in [0.25, 0.3) is 11.4 Å². The summed E-state index contributed by atoms with van der Waals surface area (Å²) in [5.74, 6) is -1.39. The first kappa shape index (κ1) is 26.4. The Hall–Kier alpha value is -4.20. The van der Waals surface area contributed by atoms with Gasteiger partial charge in [0.05, 0.1) is 16.8 Å². The number of benzene rings is 2. The number of hydrogen-bond acceptors (Lipinski definition) is 4. The van der Waals surface area contributed by atoms with Gasteiger partial charge in [-0.3, -0.25) is 19.1 Å². The fraction of sp³-hybridized carbons (Fsp3) is 0.323. The van der Waals surface area contributed by atoms with Gasteiger partial charge in [-0.05, 0) is 57.9 Å². The molecule has 7 nitrogen and oxygen atoms in total. The molecule has 2 aromatic carbocycles. The van der Waals surface area contributed by atoms with Crippen LogP contribution in [0.15, 0.2) is 65.5 Å². The third-order valence-corrected chi connectivity index (χ3v) is 8.05. The Kier molecular flexibility index (Phi) is 6.89. The van der Waals surface area contributed by atoms with Gasteiger partial charge in [-0.15, -0.1) is 0 Å². The van der Waals surface area contributed by atoms with E-state index in [4.69, 9.17) is 4.74 Å². The van der Waals surface area contributed by atoms with Crippen molar-refractivity contribution >= 4 is 11.8 Å². The van der Waals surface area contributed by atoms with Crippen molar-refractivity contribution in [1.29, 1.82) is 0 Å². The smallest absolute Gasteiger partial charge is 0.317 e. The van der Waals surface area contributed by atoms with Crippen LogP contribution < -0.4 is 5.56 Å². The van der Waals surface area contributed by atoms with Gasteiger partial charge in [-0.2, -0.15) is 0 Å². The number of aromatic nitrogens is 3. The molecular weight excluding hydrogens is 497 g/mol. The second-order valence-corrected chi connectivity index (χ2v) is 10.3. The first-order valence-electron chi connectivity index (χ1n) is 13.2. The summed E-state index contributed by atoms with van der Waals surface area (Å²) in [5.41, 5.74) is 2.65. The van der Waals surface area contributed by atoms with Crippen molar-refractivity contribution in [2.24, 2.45) is 7.05 Å². The highest BCUT2D eigenvalue weighted by Crippen LogP contribution is 2.43. The molecule has 0 N–H and O–H groups in total. The van der Waals surface area contributed by atoms with Crippen molar-refractivity contribution in [2.45, 2.75) is 51.9 Å². The number of aryl methyl sites for hydroxylation is 1. The number of hydrogen-bond donors (Lipinski definition) is 0. The summed E-state index contributed by atoms with van der Waals surface area (Å²) in [5, 5.41) is 0. The van der Waals surface area contributed by atoms with Crippen molar-refractivity contribution in [3.63, 3.8) is 0 Å². The number of rotatable bonds is 7. The molecule has 0 atom stereocenters. The molecule has 0 amide bonds. The lowest BCUT2D eigenvalue weighted by Crippen LogP contribution is -2.36. The standard InChI is InChI=1S/C31H32FN3O4/c1-20-18-24(21(2)34(20)28-22(3)33(4)35(29(28)37)23-12-6-5-7-13-23)27(36)19-39-30(38)31(16-10-11-17-31)25-14-8-9-15-26(25)32/h5-9,12-15,18H,10-11,16-17,19H2,1-4H3. The summed E-state index contributed by atoms with van der Waals surface area (Å²) in [6.07, 6.45) is 2.54. The molecule has 1 fully saturated rings. The van der Waals surface area contributed by atoms with Crippen LogP contribution in [0.2, 0.25) is 0 Å². The summed E-state index contributed by atoms with van der Waals surface area (Å²) >= 11 is 0. The van der Waals surface area contributed by atoms with Crippen molar-refractivity contribution < 1.29 is 18.7 Å². The number of esters is 1. The Morgan fingerprint density at radius 2 is 1.59 bits per heavy atom. The van der Waals surface area contributed by atoms with E-state index in [1.54, 1.807) is 45.1 Å². The fourth-order valence-electron chi connectivity index (χ4n) is 5.96. The number of ether oxygens (including phenoxy) is 1. The zero-order chi connectivity index (χ0) is 27.9. The van der Waals surface area contributed by atoms with E-state index in [-0.39, 0.29) is 11.3 Å². The van der Waals surface area contributed by atoms with E-state index in [0.717, 1.165) is 24.2 Å². The summed E-state index contributed by atoms with van der Waals surface area (Å²) < 4.78 is 25.4. The van der Waals surface area contributed by atoms with Gasteiger partial charge >= 0.3 is 5.97 Å². The number of nitrogens with zero attached hydrogens (tertiary/aromatic N) is 3. The first-order chi connectivity index (χ1) is 18.7. The maximum absolute atomic E-state index is 14.7. The van der Waals surface area contributed by atoms with Crippen LogP contribution in [0, 0.1) is 26.6 Å². The van der Waals surface area contributed by atoms with Crippen LogP contribution in [-0.4, -0.2) is 32.3 Å². The molecule has 0 bridgehead atoms. The fourth-order valence-corrected chi connectivity index (χ4v) is 5.96. The van der Waals surface area contributed by atoms with E-state index in [2.05, 4.69) is 0 Å². The molecule has 5 rings (SSSR count). The Labute approximate surface area is 226 Å². The lowest BCUT2D eigenvalue weighted by atomic mass is 9.78. The predicted octanol–water partition coefficient (Wildman–Crippen LogP) is 5.27. The zero-order valence-electron chi connectivity index (χ0n) is 22.7. The quantitative estimate of drug-likeness (QED) is 0.242. The third kappa shape index (κ3) is 4.33. The molecule has 1 aliphatic rings. The normalized spacial score (nSPS) is 14.5. The van der Waals surface area contributed by atoms with Gasteiger partial charge in [-0.25, -0.2) is 9.07 Å². The average molecular weight is 530 g/mol. The number of ketones is 1. The molecule has 0 aliphatic heterocycles. The minimum absolute atomic E-state index is 0.207. The van der Waals surface area contributed by atoms with Crippen LogP contribution in [0.5, 0.6) is 0 Å². The molecule has 1 aliphatic carbocycles. The highest BCUT2D eigenvalue weighted by Gasteiger charge is 2.46. The Balaban J connectivity index is 1.43. The van der Waals surface area contributed by atoms with Gasteiger partial charge in [0.2, 0.25) is 5.78 Å². The van der Waals surface area contributed by atoms with E-state index in [9.17, 15) is 18.8 Å². The van der Waals surface area contributed by atoms with E-state index in [0.29, 0.717) is 41.0 Å². The van der Waals surface area contributed by atoms with Gasteiger partial charge in [0.1, 0.15) is 11.5 Å². The van der Waals surface area contributed by atoms with Crippen molar-refractivity contribution in [3.8, 4) is 11.4 Å². The number of carbonyl (C=O) groups is 2. The monoisotopic (exact) mass is 529 g/mol. The van der Waals surface area contributed by atoms with Crippen LogP contribution >= 0.6 is 0 Å². The van der Waals surface area contributed by atoms with Crippen LogP contribution in [0.1, 0.15) is 58.7 Å². The molecule has 4 aromatic rings. The largest absolute Gasteiger partial charge is 0.457 e. The highest BCUT2D eigenvalue weighted by atomic mass is 19.1. The van der Waals surface area contributed by atoms with E-state index >= 15 is 0 Å². The number of halogens is 1. The lowest BCUT2D eigenvalue weighted by Gasteiger charge is -2.27. The van der Waals surface area contributed by atoms with Crippen molar-refractivity contribution in [1.82, 2.24) is 13.9 Å². The van der Waals surface area contributed by atoms with Gasteiger partial charge in [0.25, 0.3) is 5.56 Å². The molecule has 0 unspecified atom stereocenters. The molecule has 2 aromatic heterocycles. The van der Waals surface area contributed by atoms with Crippen molar-refractivity contribution in [2.75, 3.05) is 6.61 Å². The van der Waals surface area contributed by atoms with E-state index in [1.165, 1.54) is 6.07 Å². The predicted molar refractivity (Wildman–Crippen MR) is 146 cm³/mol. The maximum atomic E-state index is 14.7. The molecule has 0 spiro atoms. The van der Waals surface area contributed by atoms with Gasteiger partial charge < -0.3 is 9.30 Å². The Morgan fingerprint density at radius 3 is 2.26 bits per heavy atom. The average Bonchev–Trinajstić information content (AvgIpc) is 3.59. The second kappa shape index (κ2) is 10.2. The lowest BCUT2D eigenvalue weighted by molar-refractivity contribution is -0.149. The van der Waals surface area contributed by atoms with E-state index in [1.807, 2.05) is 51.2 Å². The van der Waals surface area contributed by atoms with Crippen LogP contribution in [0.3, 0.4) is 0 Å². The number of para-hydroxylation sites is 1. The molecular formula is C31H32FN3O4. The van der Waals surface area contributed by atoms with E-state index < -0.39 is 23.8 Å². The zero-order valence-corrected chi connectivity index (χ0v) is 22.7.